The Morgan fingerprint density at radius 3 is 2.43 bits per heavy atom. The van der Waals surface area contributed by atoms with Gasteiger partial charge in [-0.15, -0.1) is 0 Å². The van der Waals surface area contributed by atoms with Crippen molar-refractivity contribution in [2.45, 2.75) is 53.4 Å². The first kappa shape index (κ1) is 15.5. The Bertz CT molecular complexity index is 588. The molecule has 1 N–H and O–H groups in total. The van der Waals surface area contributed by atoms with Gasteiger partial charge in [-0.25, -0.2) is 14.6 Å². The lowest BCUT2D eigenvalue weighted by Crippen LogP contribution is -2.10. The number of hydrogen-bond donors (Lipinski definition) is 1. The van der Waals surface area contributed by atoms with E-state index in [0.29, 0.717) is 0 Å². The highest BCUT2D eigenvalue weighted by atomic mass is 15.3. The van der Waals surface area contributed by atoms with E-state index in [1.165, 1.54) is 5.69 Å². The van der Waals surface area contributed by atoms with E-state index in [9.17, 15) is 0 Å². The molecular weight excluding hydrogens is 262 g/mol. The van der Waals surface area contributed by atoms with Gasteiger partial charge in [-0.05, 0) is 25.3 Å². The normalized spacial score (nSPS) is 10.9. The van der Waals surface area contributed by atoms with Gasteiger partial charge < -0.3 is 5.32 Å². The van der Waals surface area contributed by atoms with Crippen LogP contribution < -0.4 is 5.32 Å². The molecule has 0 aliphatic rings. The molecule has 2 heterocycles. The Labute approximate surface area is 126 Å². The van der Waals surface area contributed by atoms with Crippen LogP contribution in [-0.4, -0.2) is 26.3 Å². The van der Waals surface area contributed by atoms with Gasteiger partial charge >= 0.3 is 0 Å². The molecule has 0 saturated heterocycles. The smallest absolute Gasteiger partial charge is 0.159 e. The molecule has 0 spiro atoms. The third-order valence-corrected chi connectivity index (χ3v) is 3.41. The molecule has 2 rings (SSSR count). The summed E-state index contributed by atoms with van der Waals surface area (Å²) in [7, 11) is 0. The van der Waals surface area contributed by atoms with Gasteiger partial charge in [0.05, 0.1) is 5.69 Å². The van der Waals surface area contributed by atoms with E-state index in [0.717, 1.165) is 55.4 Å². The second kappa shape index (κ2) is 7.20. The molecule has 0 atom stereocenters. The van der Waals surface area contributed by atoms with E-state index >= 15 is 0 Å². The lowest BCUT2D eigenvalue weighted by molar-refractivity contribution is 0.756. The number of anilines is 1. The number of aryl methyl sites for hydroxylation is 3. The molecule has 2 aromatic heterocycles. The fraction of sp³-hybridized carbons (Fsp3) is 0.562. The summed E-state index contributed by atoms with van der Waals surface area (Å²) in [5.74, 6) is 2.59. The number of nitrogens with zero attached hydrogens (tertiary/aromatic N) is 4. The zero-order chi connectivity index (χ0) is 15.2. The monoisotopic (exact) mass is 287 g/mol. The van der Waals surface area contributed by atoms with Crippen molar-refractivity contribution in [2.75, 3.05) is 11.9 Å². The average Bonchev–Trinajstić information content (AvgIpc) is 2.96. The first-order chi connectivity index (χ1) is 10.2. The average molecular weight is 287 g/mol. The molecule has 2 aromatic rings. The van der Waals surface area contributed by atoms with Crippen LogP contribution in [0, 0.1) is 0 Å². The van der Waals surface area contributed by atoms with Gasteiger partial charge in [-0.3, -0.25) is 0 Å². The third-order valence-electron chi connectivity index (χ3n) is 3.41. The summed E-state index contributed by atoms with van der Waals surface area (Å²) in [4.78, 5) is 9.17. The Morgan fingerprint density at radius 1 is 1.00 bits per heavy atom. The second-order valence-electron chi connectivity index (χ2n) is 5.05. The molecule has 0 radical (unpaired) electrons. The van der Waals surface area contributed by atoms with E-state index in [2.05, 4.69) is 54.1 Å². The first-order valence-corrected chi connectivity index (χ1v) is 7.91. The van der Waals surface area contributed by atoms with Gasteiger partial charge in [0.2, 0.25) is 0 Å². The summed E-state index contributed by atoms with van der Waals surface area (Å²) >= 11 is 0. The lowest BCUT2D eigenvalue weighted by Gasteiger charge is -2.10. The minimum absolute atomic E-state index is 0.817. The van der Waals surface area contributed by atoms with E-state index in [-0.39, 0.29) is 0 Å². The molecule has 0 amide bonds. The third kappa shape index (κ3) is 3.60. The maximum absolute atomic E-state index is 4.67. The van der Waals surface area contributed by atoms with Crippen LogP contribution in [0.25, 0.3) is 5.82 Å². The van der Waals surface area contributed by atoms with Crippen molar-refractivity contribution in [1.82, 2.24) is 19.7 Å². The Morgan fingerprint density at radius 2 is 1.81 bits per heavy atom. The van der Waals surface area contributed by atoms with E-state index in [4.69, 9.17) is 0 Å². The van der Waals surface area contributed by atoms with E-state index < -0.39 is 0 Å². The van der Waals surface area contributed by atoms with Crippen molar-refractivity contribution in [3.8, 4) is 5.82 Å². The zero-order valence-corrected chi connectivity index (χ0v) is 13.5. The number of hydrogen-bond acceptors (Lipinski definition) is 4. The van der Waals surface area contributed by atoms with Crippen molar-refractivity contribution in [3.05, 3.63) is 29.3 Å². The maximum Gasteiger partial charge on any atom is 0.159 e. The van der Waals surface area contributed by atoms with Crippen molar-refractivity contribution >= 4 is 5.82 Å². The Hall–Kier alpha value is -1.91. The molecule has 0 aliphatic heterocycles. The van der Waals surface area contributed by atoms with Crippen LogP contribution in [0.2, 0.25) is 0 Å². The van der Waals surface area contributed by atoms with E-state index in [1.807, 2.05) is 10.7 Å². The quantitative estimate of drug-likeness (QED) is 0.850. The van der Waals surface area contributed by atoms with Crippen molar-refractivity contribution < 1.29 is 0 Å². The highest BCUT2D eigenvalue weighted by molar-refractivity contribution is 5.42. The fourth-order valence-corrected chi connectivity index (χ4v) is 2.19. The largest absolute Gasteiger partial charge is 0.370 e. The summed E-state index contributed by atoms with van der Waals surface area (Å²) < 4.78 is 1.96. The van der Waals surface area contributed by atoms with Crippen molar-refractivity contribution in [2.24, 2.45) is 0 Å². The Balaban J connectivity index is 2.44. The van der Waals surface area contributed by atoms with Gasteiger partial charge in [0.1, 0.15) is 11.6 Å². The molecule has 0 aromatic carbocycles. The summed E-state index contributed by atoms with van der Waals surface area (Å²) in [6, 6.07) is 4.15. The molecule has 114 valence electrons. The minimum Gasteiger partial charge on any atom is -0.370 e. The van der Waals surface area contributed by atoms with Crippen LogP contribution in [-0.2, 0) is 19.3 Å². The first-order valence-electron chi connectivity index (χ1n) is 7.91. The van der Waals surface area contributed by atoms with Crippen LogP contribution in [0.5, 0.6) is 0 Å². The van der Waals surface area contributed by atoms with Crippen LogP contribution >= 0.6 is 0 Å². The maximum atomic E-state index is 4.67. The molecule has 5 nitrogen and oxygen atoms in total. The molecule has 0 fully saturated rings. The van der Waals surface area contributed by atoms with Crippen LogP contribution in [0.3, 0.4) is 0 Å². The van der Waals surface area contributed by atoms with Gasteiger partial charge in [0, 0.05) is 24.7 Å². The topological polar surface area (TPSA) is 55.6 Å². The highest BCUT2D eigenvalue weighted by Gasteiger charge is 2.11. The van der Waals surface area contributed by atoms with E-state index in [1.54, 1.807) is 0 Å². The number of nitrogens with one attached hydrogen (secondary N) is 1. The van der Waals surface area contributed by atoms with Crippen LogP contribution in [0.4, 0.5) is 5.82 Å². The summed E-state index contributed by atoms with van der Waals surface area (Å²) in [6.45, 7) is 9.40. The lowest BCUT2D eigenvalue weighted by atomic mass is 10.2. The zero-order valence-electron chi connectivity index (χ0n) is 13.5. The van der Waals surface area contributed by atoms with Crippen LogP contribution in [0.15, 0.2) is 12.1 Å². The van der Waals surface area contributed by atoms with Gasteiger partial charge in [-0.2, -0.15) is 5.10 Å². The summed E-state index contributed by atoms with van der Waals surface area (Å²) in [6.07, 6.45) is 3.77. The van der Waals surface area contributed by atoms with Gasteiger partial charge in [-0.1, -0.05) is 27.7 Å². The second-order valence-corrected chi connectivity index (χ2v) is 5.05. The summed E-state index contributed by atoms with van der Waals surface area (Å²) in [5, 5.41) is 8.01. The molecule has 0 unspecified atom stereocenters. The molecule has 0 saturated carbocycles. The summed E-state index contributed by atoms with van der Waals surface area (Å²) in [5.41, 5.74) is 2.29. The Kier molecular flexibility index (Phi) is 5.31. The highest BCUT2D eigenvalue weighted by Crippen LogP contribution is 2.16. The molecule has 5 heteroatoms. The molecular formula is C16H25N5. The molecule has 21 heavy (non-hydrogen) atoms. The van der Waals surface area contributed by atoms with Gasteiger partial charge in [0.15, 0.2) is 5.82 Å². The SMILES string of the molecule is CCCNc1cc(-n2nc(CC)cc2CC)nc(CC)n1. The number of aromatic nitrogens is 4. The predicted molar refractivity (Wildman–Crippen MR) is 86.1 cm³/mol. The van der Waals surface area contributed by atoms with Crippen molar-refractivity contribution in [1.29, 1.82) is 0 Å². The minimum atomic E-state index is 0.817. The molecule has 0 bridgehead atoms. The van der Waals surface area contributed by atoms with Crippen LogP contribution in [0.1, 0.15) is 51.3 Å². The van der Waals surface area contributed by atoms with Gasteiger partial charge in [0.25, 0.3) is 0 Å². The molecule has 0 aliphatic carbocycles. The van der Waals surface area contributed by atoms with Crippen molar-refractivity contribution in [3.63, 3.8) is 0 Å². The predicted octanol–water partition coefficient (Wildman–Crippen LogP) is 3.17. The standard InChI is InChI=1S/C16H25N5/c1-5-9-17-15-11-16(19-14(8-4)18-15)21-13(7-3)10-12(6-2)20-21/h10-11H,5-9H2,1-4H3,(H,17,18,19). The fourth-order valence-electron chi connectivity index (χ4n) is 2.19. The number of rotatable bonds is 7.